The quantitative estimate of drug-likeness (QED) is 0.140. The van der Waals surface area contributed by atoms with Gasteiger partial charge in [0.25, 0.3) is 0 Å². The summed E-state index contributed by atoms with van der Waals surface area (Å²) in [5.74, 6) is -6.34. The number of esters is 1. The summed E-state index contributed by atoms with van der Waals surface area (Å²) in [6, 6.07) is 2.40. The van der Waals surface area contributed by atoms with Gasteiger partial charge in [-0.25, -0.2) is 22.4 Å². The molecule has 0 spiro atoms. The number of hydrogen-bond donors (Lipinski definition) is 0. The number of carbonyl (C=O) groups is 3. The second-order valence-corrected chi connectivity index (χ2v) is 13.6. The SMILES string of the molecule is CCOC(=O)CC1CCC(C(=O)N(C)c2ccc(OC(F)(CF)C(F)(CF)CF)cc2CN2C(=O)O[C@H](c3cc(C(F)(F)F)cc(C(F)(F)F)c3)[C@@H]2C)CC1. The fourth-order valence-electron chi connectivity index (χ4n) is 6.69. The first-order valence-corrected chi connectivity index (χ1v) is 17.2. The van der Waals surface area contributed by atoms with Crippen LogP contribution in [0.4, 0.5) is 58.8 Å². The average Bonchev–Trinajstić information content (AvgIpc) is 3.41. The Bertz CT molecular complexity index is 1660. The van der Waals surface area contributed by atoms with Gasteiger partial charge in [-0.15, -0.1) is 0 Å². The van der Waals surface area contributed by atoms with Gasteiger partial charge in [0, 0.05) is 25.1 Å². The van der Waals surface area contributed by atoms with Gasteiger partial charge in [-0.2, -0.15) is 30.7 Å². The molecular formula is C36H39F11N2O6. The maximum absolute atomic E-state index is 15.4. The lowest BCUT2D eigenvalue weighted by atomic mass is 9.80. The number of rotatable bonds is 14. The van der Waals surface area contributed by atoms with Gasteiger partial charge in [0.2, 0.25) is 11.6 Å². The van der Waals surface area contributed by atoms with Crippen LogP contribution >= 0.6 is 0 Å². The van der Waals surface area contributed by atoms with E-state index in [0.29, 0.717) is 37.8 Å². The minimum Gasteiger partial charge on any atom is -0.466 e. The van der Waals surface area contributed by atoms with Crippen molar-refractivity contribution in [3.05, 3.63) is 58.7 Å². The number of benzene rings is 2. The van der Waals surface area contributed by atoms with Crippen molar-refractivity contribution in [3.63, 3.8) is 0 Å². The molecule has 2 aromatic rings. The summed E-state index contributed by atoms with van der Waals surface area (Å²) in [7, 11) is 1.34. The second kappa shape index (κ2) is 16.8. The van der Waals surface area contributed by atoms with E-state index in [4.69, 9.17) is 14.2 Å². The monoisotopic (exact) mass is 804 g/mol. The van der Waals surface area contributed by atoms with Gasteiger partial charge in [0.1, 0.15) is 25.2 Å². The normalized spacial score (nSPS) is 21.9. The summed E-state index contributed by atoms with van der Waals surface area (Å²) in [5.41, 5.74) is -8.17. The lowest BCUT2D eigenvalue weighted by Crippen LogP contribution is -2.56. The van der Waals surface area contributed by atoms with Crippen LogP contribution in [0.1, 0.15) is 74.3 Å². The predicted molar refractivity (Wildman–Crippen MR) is 173 cm³/mol. The van der Waals surface area contributed by atoms with Crippen molar-refractivity contribution in [1.29, 1.82) is 0 Å². The first-order valence-electron chi connectivity index (χ1n) is 17.2. The summed E-state index contributed by atoms with van der Waals surface area (Å²) in [4.78, 5) is 40.9. The van der Waals surface area contributed by atoms with E-state index in [-0.39, 0.29) is 42.2 Å². The van der Waals surface area contributed by atoms with Gasteiger partial charge in [-0.05, 0) is 93.0 Å². The van der Waals surface area contributed by atoms with Crippen LogP contribution in [0.3, 0.4) is 0 Å². The zero-order valence-corrected chi connectivity index (χ0v) is 29.8. The molecule has 1 saturated heterocycles. The molecule has 2 fully saturated rings. The molecule has 4 rings (SSSR count). The highest BCUT2D eigenvalue weighted by Gasteiger charge is 2.57. The Hall–Kier alpha value is -4.32. The molecule has 19 heteroatoms. The van der Waals surface area contributed by atoms with Crippen LogP contribution in [0.15, 0.2) is 36.4 Å². The predicted octanol–water partition coefficient (Wildman–Crippen LogP) is 9.19. The van der Waals surface area contributed by atoms with Gasteiger partial charge in [0.15, 0.2) is 6.67 Å². The molecule has 1 aliphatic carbocycles. The molecular weight excluding hydrogens is 765 g/mol. The number of amides is 2. The van der Waals surface area contributed by atoms with Crippen molar-refractivity contribution in [1.82, 2.24) is 4.90 Å². The molecule has 1 heterocycles. The zero-order chi connectivity index (χ0) is 41.1. The summed E-state index contributed by atoms with van der Waals surface area (Å²) >= 11 is 0. The molecule has 2 aliphatic rings. The van der Waals surface area contributed by atoms with Gasteiger partial charge in [-0.3, -0.25) is 14.5 Å². The van der Waals surface area contributed by atoms with E-state index in [2.05, 4.69) is 0 Å². The molecule has 55 heavy (non-hydrogen) atoms. The van der Waals surface area contributed by atoms with Crippen molar-refractivity contribution >= 4 is 23.7 Å². The lowest BCUT2D eigenvalue weighted by Gasteiger charge is -2.34. The number of cyclic esters (lactones) is 1. The van der Waals surface area contributed by atoms with E-state index in [1.807, 2.05) is 0 Å². The Morgan fingerprint density at radius 3 is 1.96 bits per heavy atom. The third-order valence-corrected chi connectivity index (χ3v) is 9.92. The van der Waals surface area contributed by atoms with Crippen LogP contribution < -0.4 is 9.64 Å². The molecule has 1 aliphatic heterocycles. The molecule has 1 saturated carbocycles. The Labute approximate surface area is 308 Å². The minimum atomic E-state index is -5.21. The third kappa shape index (κ3) is 9.56. The van der Waals surface area contributed by atoms with Gasteiger partial charge >= 0.3 is 30.3 Å². The highest BCUT2D eigenvalue weighted by atomic mass is 19.4. The maximum atomic E-state index is 15.4. The molecule has 2 aromatic carbocycles. The number of hydrogen-bond acceptors (Lipinski definition) is 6. The molecule has 1 unspecified atom stereocenters. The number of ether oxygens (including phenoxy) is 3. The Balaban J connectivity index is 1.69. The number of halogens is 11. The van der Waals surface area contributed by atoms with Crippen molar-refractivity contribution in [3.8, 4) is 5.75 Å². The fraction of sp³-hybridized carbons (Fsp3) is 0.583. The Morgan fingerprint density at radius 2 is 1.45 bits per heavy atom. The zero-order valence-electron chi connectivity index (χ0n) is 29.8. The van der Waals surface area contributed by atoms with Crippen LogP contribution in [-0.4, -0.2) is 74.1 Å². The summed E-state index contributed by atoms with van der Waals surface area (Å²) in [5, 5.41) is 0. The average molecular weight is 805 g/mol. The smallest absolute Gasteiger partial charge is 0.416 e. The summed E-state index contributed by atoms with van der Waals surface area (Å²) < 4.78 is 168. The first-order chi connectivity index (χ1) is 25.6. The molecule has 0 radical (unpaired) electrons. The van der Waals surface area contributed by atoms with E-state index in [0.717, 1.165) is 28.0 Å². The van der Waals surface area contributed by atoms with E-state index >= 15 is 4.39 Å². The van der Waals surface area contributed by atoms with Crippen molar-refractivity contribution in [2.24, 2.45) is 11.8 Å². The van der Waals surface area contributed by atoms with E-state index < -0.39 is 103 Å². The standard InChI is InChI=1S/C36H39F11N2O6/c1-4-53-29(50)11-21-5-7-22(8-6-21)31(51)48(3)28-10-9-27(55-34(41,19-39)33(40,17-37)18-38)14-24(28)16-49-20(2)30(54-32(49)52)23-12-25(35(42,43)44)15-26(13-23)36(45,46)47/h9-10,12-15,20-22,30H,4-8,11,16-19H2,1-3H3/t20-,21?,22?,30-,34?/m0/s1. The largest absolute Gasteiger partial charge is 0.466 e. The van der Waals surface area contributed by atoms with Crippen LogP contribution in [0, 0.1) is 11.8 Å². The minimum absolute atomic E-state index is 0.0000694. The summed E-state index contributed by atoms with van der Waals surface area (Å²) in [6.45, 7) is -4.50. The van der Waals surface area contributed by atoms with Crippen molar-refractivity contribution < 1.29 is 76.9 Å². The lowest BCUT2D eigenvalue weighted by molar-refractivity contribution is -0.197. The molecule has 0 aromatic heterocycles. The van der Waals surface area contributed by atoms with E-state index in [1.165, 1.54) is 14.0 Å². The molecule has 2 amide bonds. The number of anilines is 1. The molecule has 306 valence electrons. The molecule has 3 atom stereocenters. The van der Waals surface area contributed by atoms with E-state index in [9.17, 15) is 58.3 Å². The first kappa shape index (κ1) is 43.4. The molecule has 0 N–H and O–H groups in total. The van der Waals surface area contributed by atoms with Crippen LogP contribution in [0.2, 0.25) is 0 Å². The topological polar surface area (TPSA) is 85.4 Å². The Kier molecular flexibility index (Phi) is 13.3. The van der Waals surface area contributed by atoms with Crippen LogP contribution in [0.25, 0.3) is 0 Å². The van der Waals surface area contributed by atoms with Crippen LogP contribution in [-0.2, 0) is 38.0 Å². The van der Waals surface area contributed by atoms with E-state index in [1.54, 1.807) is 6.92 Å². The highest BCUT2D eigenvalue weighted by Crippen LogP contribution is 2.43. The van der Waals surface area contributed by atoms with Gasteiger partial charge in [0.05, 0.1) is 30.3 Å². The maximum Gasteiger partial charge on any atom is 0.416 e. The van der Waals surface area contributed by atoms with Crippen molar-refractivity contribution in [2.45, 2.75) is 88.5 Å². The van der Waals surface area contributed by atoms with Gasteiger partial charge in [-0.1, -0.05) is 0 Å². The molecule has 8 nitrogen and oxygen atoms in total. The number of nitrogens with zero attached hydrogens (tertiary/aromatic N) is 2. The Morgan fingerprint density at radius 1 is 0.873 bits per heavy atom. The number of carbonyl (C=O) groups excluding carboxylic acids is 3. The molecule has 0 bridgehead atoms. The fourth-order valence-corrected chi connectivity index (χ4v) is 6.69. The summed E-state index contributed by atoms with van der Waals surface area (Å²) in [6.07, 6.45) is -11.4. The van der Waals surface area contributed by atoms with Crippen molar-refractivity contribution in [2.75, 3.05) is 38.6 Å². The highest BCUT2D eigenvalue weighted by molar-refractivity contribution is 5.95. The number of alkyl halides is 11. The third-order valence-electron chi connectivity index (χ3n) is 9.92. The van der Waals surface area contributed by atoms with Crippen LogP contribution in [0.5, 0.6) is 5.75 Å². The second-order valence-electron chi connectivity index (χ2n) is 13.6. The van der Waals surface area contributed by atoms with Gasteiger partial charge < -0.3 is 19.1 Å².